The van der Waals surface area contributed by atoms with Gasteiger partial charge in [0.2, 0.25) is 5.91 Å². The molecule has 170 valence electrons. The normalized spacial score (nSPS) is 10.9. The third-order valence-electron chi connectivity index (χ3n) is 5.46. The van der Waals surface area contributed by atoms with Crippen LogP contribution in [-0.4, -0.2) is 54.5 Å². The van der Waals surface area contributed by atoms with Crippen LogP contribution in [0.15, 0.2) is 53.3 Å². The molecular weight excluding hydrogens is 408 g/mol. The summed E-state index contributed by atoms with van der Waals surface area (Å²) >= 11 is 0. The van der Waals surface area contributed by atoms with Crippen LogP contribution in [0.25, 0.3) is 5.69 Å². The van der Waals surface area contributed by atoms with Crippen LogP contribution in [0.2, 0.25) is 0 Å². The van der Waals surface area contributed by atoms with E-state index in [4.69, 9.17) is 9.47 Å². The number of para-hydroxylation sites is 1. The summed E-state index contributed by atoms with van der Waals surface area (Å²) in [7, 11) is 6.89. The van der Waals surface area contributed by atoms with E-state index in [1.807, 2.05) is 67.4 Å². The summed E-state index contributed by atoms with van der Waals surface area (Å²) in [6.07, 6.45) is 0.745. The molecular formula is C24H30N4O4. The van der Waals surface area contributed by atoms with Crippen molar-refractivity contribution in [1.29, 1.82) is 0 Å². The van der Waals surface area contributed by atoms with Crippen LogP contribution in [-0.2, 0) is 18.3 Å². The molecule has 8 nitrogen and oxygen atoms in total. The number of anilines is 1. The Morgan fingerprint density at radius 3 is 2.41 bits per heavy atom. The lowest BCUT2D eigenvalue weighted by Crippen LogP contribution is -2.33. The second-order valence-corrected chi connectivity index (χ2v) is 7.66. The minimum Gasteiger partial charge on any atom is -0.493 e. The van der Waals surface area contributed by atoms with E-state index in [2.05, 4.69) is 5.32 Å². The molecule has 0 radical (unpaired) electrons. The lowest BCUT2D eigenvalue weighted by molar-refractivity contribution is -0.117. The van der Waals surface area contributed by atoms with E-state index in [-0.39, 0.29) is 18.0 Å². The highest BCUT2D eigenvalue weighted by atomic mass is 16.5. The molecule has 0 bridgehead atoms. The molecule has 0 unspecified atom stereocenters. The Balaban J connectivity index is 1.63. The number of carbonyl (C=O) groups is 1. The molecule has 0 aliphatic carbocycles. The van der Waals surface area contributed by atoms with Crippen LogP contribution < -0.4 is 20.3 Å². The maximum Gasteiger partial charge on any atom is 0.295 e. The van der Waals surface area contributed by atoms with Gasteiger partial charge in [0.1, 0.15) is 5.69 Å². The van der Waals surface area contributed by atoms with Crippen molar-refractivity contribution in [2.45, 2.75) is 13.3 Å². The average molecular weight is 439 g/mol. The highest BCUT2D eigenvalue weighted by Crippen LogP contribution is 2.27. The first-order chi connectivity index (χ1) is 15.3. The second kappa shape index (κ2) is 10.2. The number of nitrogens with one attached hydrogen (secondary N) is 1. The van der Waals surface area contributed by atoms with Crippen molar-refractivity contribution in [3.63, 3.8) is 0 Å². The summed E-state index contributed by atoms with van der Waals surface area (Å²) in [4.78, 5) is 27.5. The van der Waals surface area contributed by atoms with Crippen molar-refractivity contribution in [1.82, 2.24) is 14.3 Å². The summed E-state index contributed by atoms with van der Waals surface area (Å²) in [5.41, 5.74) is 2.57. The number of benzene rings is 2. The van der Waals surface area contributed by atoms with Crippen molar-refractivity contribution in [3.05, 3.63) is 70.1 Å². The average Bonchev–Trinajstić information content (AvgIpc) is 3.01. The molecule has 1 aromatic heterocycles. The van der Waals surface area contributed by atoms with E-state index in [0.717, 1.165) is 17.7 Å². The minimum absolute atomic E-state index is 0.173. The lowest BCUT2D eigenvalue weighted by atomic mass is 10.1. The molecule has 1 heterocycles. The largest absolute Gasteiger partial charge is 0.493 e. The third-order valence-corrected chi connectivity index (χ3v) is 5.46. The summed E-state index contributed by atoms with van der Waals surface area (Å²) in [6, 6.07) is 15.1. The SMILES string of the molecule is COc1ccc(CCN(C)CC(=O)Nc2c(C)n(C)n(-c3ccccc3)c2=O)cc1OC. The van der Waals surface area contributed by atoms with Gasteiger partial charge in [-0.15, -0.1) is 0 Å². The first-order valence-electron chi connectivity index (χ1n) is 10.4. The molecule has 0 saturated heterocycles. The number of aromatic nitrogens is 2. The zero-order chi connectivity index (χ0) is 23.3. The fourth-order valence-corrected chi connectivity index (χ4v) is 3.57. The number of carbonyl (C=O) groups excluding carboxylic acids is 1. The Morgan fingerprint density at radius 1 is 1.06 bits per heavy atom. The molecule has 0 aliphatic heterocycles. The van der Waals surface area contributed by atoms with Gasteiger partial charge >= 0.3 is 0 Å². The maximum atomic E-state index is 12.9. The zero-order valence-electron chi connectivity index (χ0n) is 19.2. The van der Waals surface area contributed by atoms with E-state index in [1.54, 1.807) is 30.6 Å². The maximum absolute atomic E-state index is 12.9. The lowest BCUT2D eigenvalue weighted by Gasteiger charge is -2.16. The molecule has 0 saturated carbocycles. The quantitative estimate of drug-likeness (QED) is 0.556. The summed E-state index contributed by atoms with van der Waals surface area (Å²) in [5, 5.41) is 2.80. The zero-order valence-corrected chi connectivity index (χ0v) is 19.2. The van der Waals surface area contributed by atoms with Gasteiger partial charge in [-0.2, -0.15) is 0 Å². The van der Waals surface area contributed by atoms with Crippen LogP contribution in [0.1, 0.15) is 11.3 Å². The van der Waals surface area contributed by atoms with Crippen LogP contribution in [0.3, 0.4) is 0 Å². The predicted molar refractivity (Wildman–Crippen MR) is 125 cm³/mol. The van der Waals surface area contributed by atoms with Gasteiger partial charge in [0.15, 0.2) is 11.5 Å². The number of hydrogen-bond acceptors (Lipinski definition) is 5. The highest BCUT2D eigenvalue weighted by molar-refractivity contribution is 5.92. The smallest absolute Gasteiger partial charge is 0.295 e. The van der Waals surface area contributed by atoms with Crippen molar-refractivity contribution in [2.24, 2.45) is 7.05 Å². The third kappa shape index (κ3) is 5.03. The van der Waals surface area contributed by atoms with Gasteiger partial charge in [0, 0.05) is 13.6 Å². The van der Waals surface area contributed by atoms with E-state index in [0.29, 0.717) is 29.4 Å². The van der Waals surface area contributed by atoms with E-state index in [1.165, 1.54) is 0 Å². The minimum atomic E-state index is -0.252. The number of amides is 1. The van der Waals surface area contributed by atoms with Gasteiger partial charge in [-0.1, -0.05) is 24.3 Å². The molecule has 2 aromatic carbocycles. The Labute approximate surface area is 188 Å². The predicted octanol–water partition coefficient (Wildman–Crippen LogP) is 2.61. The van der Waals surface area contributed by atoms with Gasteiger partial charge in [0.25, 0.3) is 5.56 Å². The van der Waals surface area contributed by atoms with Gasteiger partial charge in [-0.25, -0.2) is 4.68 Å². The van der Waals surface area contributed by atoms with Gasteiger partial charge < -0.3 is 14.8 Å². The van der Waals surface area contributed by atoms with Gasteiger partial charge in [0.05, 0.1) is 32.1 Å². The number of nitrogens with zero attached hydrogens (tertiary/aromatic N) is 3. The summed E-state index contributed by atoms with van der Waals surface area (Å²) in [6.45, 7) is 2.66. The molecule has 1 N–H and O–H groups in total. The first-order valence-corrected chi connectivity index (χ1v) is 10.4. The Hall–Kier alpha value is -3.52. The van der Waals surface area contributed by atoms with Crippen molar-refractivity contribution in [3.8, 4) is 17.2 Å². The molecule has 3 rings (SSSR count). The van der Waals surface area contributed by atoms with Crippen molar-refractivity contribution < 1.29 is 14.3 Å². The summed E-state index contributed by atoms with van der Waals surface area (Å²) in [5.74, 6) is 1.13. The number of hydrogen-bond donors (Lipinski definition) is 1. The fourth-order valence-electron chi connectivity index (χ4n) is 3.57. The van der Waals surface area contributed by atoms with Gasteiger partial charge in [-0.3, -0.25) is 19.2 Å². The van der Waals surface area contributed by atoms with Crippen molar-refractivity contribution >= 4 is 11.6 Å². The fraction of sp³-hybridized carbons (Fsp3) is 0.333. The van der Waals surface area contributed by atoms with Crippen LogP contribution >= 0.6 is 0 Å². The Kier molecular flexibility index (Phi) is 7.37. The molecule has 0 spiro atoms. The van der Waals surface area contributed by atoms with Crippen LogP contribution in [0.5, 0.6) is 11.5 Å². The van der Waals surface area contributed by atoms with E-state index in [9.17, 15) is 9.59 Å². The molecule has 32 heavy (non-hydrogen) atoms. The monoisotopic (exact) mass is 438 g/mol. The number of likely N-dealkylation sites (N-methyl/N-ethyl adjacent to an activating group) is 1. The van der Waals surface area contributed by atoms with Crippen LogP contribution in [0.4, 0.5) is 5.69 Å². The Morgan fingerprint density at radius 2 is 1.75 bits per heavy atom. The summed E-state index contributed by atoms with van der Waals surface area (Å²) < 4.78 is 13.9. The van der Waals surface area contributed by atoms with E-state index < -0.39 is 0 Å². The first kappa shape index (κ1) is 23.1. The molecule has 1 amide bonds. The topological polar surface area (TPSA) is 77.7 Å². The number of rotatable bonds is 9. The molecule has 0 aliphatic rings. The van der Waals surface area contributed by atoms with Crippen molar-refractivity contribution in [2.75, 3.05) is 39.7 Å². The standard InChI is InChI=1S/C24H30N4O4/c1-17-23(24(30)28(27(17)3)19-9-7-6-8-10-19)25-22(29)16-26(2)14-13-18-11-12-20(31-4)21(15-18)32-5/h6-12,15H,13-14,16H2,1-5H3,(H,25,29). The highest BCUT2D eigenvalue weighted by Gasteiger charge is 2.18. The molecule has 0 fully saturated rings. The molecule has 3 aromatic rings. The Bertz CT molecular complexity index is 1130. The number of methoxy groups -OCH3 is 2. The molecule has 0 atom stereocenters. The van der Waals surface area contributed by atoms with Gasteiger partial charge in [-0.05, 0) is 50.2 Å². The van der Waals surface area contributed by atoms with E-state index >= 15 is 0 Å². The van der Waals surface area contributed by atoms with Crippen LogP contribution in [0, 0.1) is 6.92 Å². The second-order valence-electron chi connectivity index (χ2n) is 7.66. The number of ether oxygens (including phenoxy) is 2. The molecule has 8 heteroatoms.